The summed E-state index contributed by atoms with van der Waals surface area (Å²) in [5.74, 6) is 1.88. The Morgan fingerprint density at radius 2 is 1.74 bits per heavy atom. The van der Waals surface area contributed by atoms with Crippen molar-refractivity contribution < 1.29 is 9.53 Å². The highest BCUT2D eigenvalue weighted by atomic mass is 35.5. The van der Waals surface area contributed by atoms with E-state index in [0.29, 0.717) is 34.1 Å². The van der Waals surface area contributed by atoms with Gasteiger partial charge in [0.2, 0.25) is 5.91 Å². The fraction of sp³-hybridized carbons (Fsp3) is 0.318. The number of rotatable bonds is 7. The number of nitrogens with zero attached hydrogens (tertiary/aromatic N) is 5. The Bertz CT molecular complexity index is 1000. The minimum Gasteiger partial charge on any atom is -0.486 e. The van der Waals surface area contributed by atoms with Crippen LogP contribution in [0.5, 0.6) is 5.75 Å². The first-order valence-electron chi connectivity index (χ1n) is 10.1. The van der Waals surface area contributed by atoms with Crippen molar-refractivity contribution in [3.05, 3.63) is 65.4 Å². The van der Waals surface area contributed by atoms with Crippen LogP contribution in [-0.4, -0.2) is 57.5 Å². The molecule has 1 aromatic heterocycles. The van der Waals surface area contributed by atoms with E-state index in [4.69, 9.17) is 16.3 Å². The van der Waals surface area contributed by atoms with Crippen LogP contribution in [0, 0.1) is 0 Å². The molecule has 0 saturated carbocycles. The molecule has 1 saturated heterocycles. The van der Waals surface area contributed by atoms with Crippen molar-refractivity contribution in [3.8, 4) is 5.75 Å². The highest BCUT2D eigenvalue weighted by molar-refractivity contribution is 7.99. The summed E-state index contributed by atoms with van der Waals surface area (Å²) in [5.41, 5.74) is 1.21. The highest BCUT2D eigenvalue weighted by Gasteiger charge is 2.22. The fourth-order valence-electron chi connectivity index (χ4n) is 3.35. The molecule has 2 aromatic carbocycles. The molecule has 3 aromatic rings. The van der Waals surface area contributed by atoms with E-state index in [1.54, 1.807) is 12.1 Å². The summed E-state index contributed by atoms with van der Waals surface area (Å²) in [6.07, 6.45) is 0. The number of para-hydroxylation sites is 1. The van der Waals surface area contributed by atoms with Crippen molar-refractivity contribution in [2.45, 2.75) is 11.8 Å². The lowest BCUT2D eigenvalue weighted by atomic mass is 10.2. The van der Waals surface area contributed by atoms with Crippen LogP contribution in [0.2, 0.25) is 5.02 Å². The van der Waals surface area contributed by atoms with E-state index in [9.17, 15) is 4.79 Å². The lowest BCUT2D eigenvalue weighted by Gasteiger charge is -2.36. The van der Waals surface area contributed by atoms with Gasteiger partial charge in [0.15, 0.2) is 11.0 Å². The molecule has 0 spiro atoms. The number of halogens is 1. The molecule has 1 aliphatic heterocycles. The van der Waals surface area contributed by atoms with Crippen LogP contribution in [-0.2, 0) is 18.4 Å². The zero-order valence-corrected chi connectivity index (χ0v) is 18.8. The maximum Gasteiger partial charge on any atom is 0.233 e. The minimum absolute atomic E-state index is 0.125. The predicted octanol–water partition coefficient (Wildman–Crippen LogP) is 3.49. The molecule has 9 heteroatoms. The second-order valence-electron chi connectivity index (χ2n) is 7.19. The number of carbonyl (C=O) groups excluding carboxylic acids is 1. The van der Waals surface area contributed by atoms with Gasteiger partial charge in [-0.1, -0.05) is 41.6 Å². The molecule has 0 unspecified atom stereocenters. The Labute approximate surface area is 191 Å². The molecular formula is C22H24ClN5O2S. The highest BCUT2D eigenvalue weighted by Crippen LogP contribution is 2.20. The van der Waals surface area contributed by atoms with Crippen LogP contribution in [0.25, 0.3) is 0 Å². The molecule has 1 aliphatic rings. The van der Waals surface area contributed by atoms with Crippen LogP contribution in [0.4, 0.5) is 5.69 Å². The van der Waals surface area contributed by atoms with Crippen LogP contribution in [0.3, 0.4) is 0 Å². The van der Waals surface area contributed by atoms with Crippen molar-refractivity contribution in [3.63, 3.8) is 0 Å². The van der Waals surface area contributed by atoms with Crippen molar-refractivity contribution >= 4 is 35.0 Å². The third kappa shape index (κ3) is 5.51. The minimum atomic E-state index is 0.125. The largest absolute Gasteiger partial charge is 0.486 e. The van der Waals surface area contributed by atoms with E-state index in [1.165, 1.54) is 17.4 Å². The van der Waals surface area contributed by atoms with Crippen molar-refractivity contribution in [1.82, 2.24) is 19.7 Å². The fourth-order valence-corrected chi connectivity index (χ4v) is 4.30. The summed E-state index contributed by atoms with van der Waals surface area (Å²) in [6, 6.07) is 17.5. The first-order chi connectivity index (χ1) is 15.1. The Morgan fingerprint density at radius 3 is 2.45 bits per heavy atom. The maximum absolute atomic E-state index is 12.7. The summed E-state index contributed by atoms with van der Waals surface area (Å²) >= 11 is 7.29. The smallest absolute Gasteiger partial charge is 0.233 e. The Balaban J connectivity index is 1.25. The first kappa shape index (κ1) is 21.5. The van der Waals surface area contributed by atoms with E-state index >= 15 is 0 Å². The van der Waals surface area contributed by atoms with Gasteiger partial charge in [-0.3, -0.25) is 4.79 Å². The lowest BCUT2D eigenvalue weighted by molar-refractivity contribution is -0.128. The second kappa shape index (κ2) is 10.1. The Kier molecular flexibility index (Phi) is 6.99. The Hall–Kier alpha value is -2.71. The van der Waals surface area contributed by atoms with Crippen LogP contribution in [0.15, 0.2) is 59.8 Å². The number of carbonyl (C=O) groups is 1. The van der Waals surface area contributed by atoms with Gasteiger partial charge in [0.25, 0.3) is 0 Å². The average Bonchev–Trinajstić information content (AvgIpc) is 3.17. The molecule has 31 heavy (non-hydrogen) atoms. The van der Waals surface area contributed by atoms with Crippen molar-refractivity contribution in [2.24, 2.45) is 7.05 Å². The van der Waals surface area contributed by atoms with Crippen LogP contribution >= 0.6 is 23.4 Å². The Morgan fingerprint density at radius 1 is 1.03 bits per heavy atom. The zero-order valence-electron chi connectivity index (χ0n) is 17.3. The zero-order chi connectivity index (χ0) is 21.6. The predicted molar refractivity (Wildman–Crippen MR) is 123 cm³/mol. The average molecular weight is 458 g/mol. The van der Waals surface area contributed by atoms with Gasteiger partial charge < -0.3 is 19.1 Å². The first-order valence-corrected chi connectivity index (χ1v) is 11.4. The molecular weight excluding hydrogens is 434 g/mol. The van der Waals surface area contributed by atoms with E-state index in [0.717, 1.165) is 26.2 Å². The van der Waals surface area contributed by atoms with Crippen molar-refractivity contribution in [1.29, 1.82) is 0 Å². The number of aromatic nitrogens is 3. The number of hydrogen-bond acceptors (Lipinski definition) is 6. The van der Waals surface area contributed by atoms with E-state index < -0.39 is 0 Å². The van der Waals surface area contributed by atoms with E-state index in [-0.39, 0.29) is 5.91 Å². The molecule has 4 rings (SSSR count). The number of hydrogen-bond donors (Lipinski definition) is 0. The summed E-state index contributed by atoms with van der Waals surface area (Å²) in [4.78, 5) is 16.9. The standard InChI is InChI=1S/C22H24ClN5O2S/c1-26-20(15-30-19-9-7-17(23)8-10-19)24-25-22(26)31-16-21(29)28-13-11-27(12-14-28)18-5-3-2-4-6-18/h2-10H,11-16H2,1H3. The van der Waals surface area contributed by atoms with Gasteiger partial charge in [0, 0.05) is 43.9 Å². The number of benzene rings is 2. The molecule has 0 atom stereocenters. The molecule has 0 N–H and O–H groups in total. The normalized spacial score (nSPS) is 14.0. The van der Waals surface area contributed by atoms with E-state index in [1.807, 2.05) is 46.8 Å². The van der Waals surface area contributed by atoms with Gasteiger partial charge >= 0.3 is 0 Å². The third-order valence-electron chi connectivity index (χ3n) is 5.19. The summed E-state index contributed by atoms with van der Waals surface area (Å²) in [7, 11) is 1.88. The van der Waals surface area contributed by atoms with Crippen LogP contribution in [0.1, 0.15) is 5.82 Å². The topological polar surface area (TPSA) is 63.5 Å². The van der Waals surface area contributed by atoms with Gasteiger partial charge in [-0.25, -0.2) is 0 Å². The maximum atomic E-state index is 12.7. The van der Waals surface area contributed by atoms with E-state index in [2.05, 4.69) is 27.2 Å². The molecule has 0 bridgehead atoms. The molecule has 0 aliphatic carbocycles. The molecule has 162 valence electrons. The number of anilines is 1. The molecule has 2 heterocycles. The third-order valence-corrected chi connectivity index (χ3v) is 6.44. The SMILES string of the molecule is Cn1c(COc2ccc(Cl)cc2)nnc1SCC(=O)N1CCN(c2ccccc2)CC1. The monoisotopic (exact) mass is 457 g/mol. The van der Waals surface area contributed by atoms with Gasteiger partial charge in [-0.15, -0.1) is 10.2 Å². The van der Waals surface area contributed by atoms with Gasteiger partial charge in [-0.05, 0) is 36.4 Å². The molecule has 0 radical (unpaired) electrons. The number of piperazine rings is 1. The second-order valence-corrected chi connectivity index (χ2v) is 8.57. The molecule has 7 nitrogen and oxygen atoms in total. The quantitative estimate of drug-likeness (QED) is 0.506. The lowest BCUT2D eigenvalue weighted by Crippen LogP contribution is -2.49. The summed E-state index contributed by atoms with van der Waals surface area (Å²) in [6.45, 7) is 3.44. The van der Waals surface area contributed by atoms with Gasteiger partial charge in [0.1, 0.15) is 12.4 Å². The molecule has 1 amide bonds. The van der Waals surface area contributed by atoms with Crippen molar-refractivity contribution in [2.75, 3.05) is 36.8 Å². The summed E-state index contributed by atoms with van der Waals surface area (Å²) < 4.78 is 7.60. The van der Waals surface area contributed by atoms with Gasteiger partial charge in [0.05, 0.1) is 5.75 Å². The summed E-state index contributed by atoms with van der Waals surface area (Å²) in [5, 5.41) is 9.76. The number of ether oxygens (including phenoxy) is 1. The molecule has 1 fully saturated rings. The number of thioether (sulfide) groups is 1. The number of amides is 1. The van der Waals surface area contributed by atoms with Gasteiger partial charge in [-0.2, -0.15) is 0 Å². The van der Waals surface area contributed by atoms with Crippen LogP contribution < -0.4 is 9.64 Å².